The van der Waals surface area contributed by atoms with Gasteiger partial charge in [0.15, 0.2) is 0 Å². The van der Waals surface area contributed by atoms with Crippen molar-refractivity contribution in [2.45, 2.75) is 20.0 Å². The molecule has 80 valence electrons. The third kappa shape index (κ3) is 4.93. The van der Waals surface area contributed by atoms with Crippen molar-refractivity contribution in [2.75, 3.05) is 0 Å². The summed E-state index contributed by atoms with van der Waals surface area (Å²) >= 11 is 0. The van der Waals surface area contributed by atoms with Gasteiger partial charge in [-0.25, -0.2) is 4.79 Å². The van der Waals surface area contributed by atoms with Crippen LogP contribution in [0.5, 0.6) is 0 Å². The summed E-state index contributed by atoms with van der Waals surface area (Å²) in [5, 5.41) is 0. The number of carbonyl (C=O) groups excluding carboxylic acids is 2. The molecule has 0 aliphatic rings. The highest BCUT2D eigenvalue weighted by molar-refractivity contribution is 5.93. The van der Waals surface area contributed by atoms with E-state index in [9.17, 15) is 9.59 Å². The van der Waals surface area contributed by atoms with Gasteiger partial charge in [0.1, 0.15) is 18.8 Å². The van der Waals surface area contributed by atoms with E-state index >= 15 is 0 Å². The molecule has 0 heterocycles. The zero-order valence-corrected chi connectivity index (χ0v) is 8.43. The van der Waals surface area contributed by atoms with Gasteiger partial charge in [0, 0.05) is 0 Å². The van der Waals surface area contributed by atoms with E-state index in [1.165, 1.54) is 6.92 Å². The van der Waals surface area contributed by atoms with Crippen molar-refractivity contribution in [3.63, 3.8) is 0 Å². The maximum Gasteiger partial charge on any atom is 0.349 e. The lowest BCUT2D eigenvalue weighted by atomic mass is 10.2. The predicted octanol–water partition coefficient (Wildman–Crippen LogP) is 1.64. The van der Waals surface area contributed by atoms with Crippen LogP contribution in [0, 0.1) is 0 Å². The first kappa shape index (κ1) is 11.4. The van der Waals surface area contributed by atoms with E-state index in [4.69, 9.17) is 0 Å². The van der Waals surface area contributed by atoms with Crippen molar-refractivity contribution in [3.05, 3.63) is 35.9 Å². The Balaban J connectivity index is 2.22. The van der Waals surface area contributed by atoms with E-state index in [0.29, 0.717) is 0 Å². The Morgan fingerprint density at radius 3 is 2.47 bits per heavy atom. The van der Waals surface area contributed by atoms with Crippen LogP contribution in [-0.2, 0) is 26.0 Å². The lowest BCUT2D eigenvalue weighted by molar-refractivity contribution is -0.279. The van der Waals surface area contributed by atoms with Gasteiger partial charge < -0.3 is 0 Å². The second-order valence-electron chi connectivity index (χ2n) is 3.08. The Morgan fingerprint density at radius 2 is 1.87 bits per heavy atom. The molecule has 0 amide bonds. The zero-order chi connectivity index (χ0) is 11.1. The Kier molecular flexibility index (Phi) is 4.50. The van der Waals surface area contributed by atoms with Crippen LogP contribution in [0.4, 0.5) is 0 Å². The molecule has 0 saturated carbocycles. The Morgan fingerprint density at radius 1 is 1.20 bits per heavy atom. The highest BCUT2D eigenvalue weighted by Gasteiger charge is 2.07. The molecule has 0 atom stereocenters. The van der Waals surface area contributed by atoms with Gasteiger partial charge in [-0.15, -0.1) is 0 Å². The fourth-order valence-corrected chi connectivity index (χ4v) is 0.970. The van der Waals surface area contributed by atoms with Crippen molar-refractivity contribution in [1.29, 1.82) is 0 Å². The first-order valence-corrected chi connectivity index (χ1v) is 4.54. The fraction of sp³-hybridized carbons (Fsp3) is 0.273. The average molecular weight is 208 g/mol. The second-order valence-corrected chi connectivity index (χ2v) is 3.08. The summed E-state index contributed by atoms with van der Waals surface area (Å²) in [6, 6.07) is 9.29. The molecule has 4 heteroatoms. The van der Waals surface area contributed by atoms with Gasteiger partial charge in [0.05, 0.1) is 0 Å². The minimum absolute atomic E-state index is 0.185. The van der Waals surface area contributed by atoms with Gasteiger partial charge >= 0.3 is 5.97 Å². The van der Waals surface area contributed by atoms with E-state index in [0.717, 1.165) is 5.56 Å². The third-order valence-corrected chi connectivity index (χ3v) is 1.61. The van der Waals surface area contributed by atoms with Crippen LogP contribution in [0.2, 0.25) is 0 Å². The van der Waals surface area contributed by atoms with E-state index in [-0.39, 0.29) is 18.8 Å². The molecule has 0 spiro atoms. The maximum atomic E-state index is 10.9. The molecule has 0 saturated heterocycles. The van der Waals surface area contributed by atoms with E-state index < -0.39 is 5.97 Å². The topological polar surface area (TPSA) is 52.6 Å². The number of hydrogen-bond donors (Lipinski definition) is 0. The van der Waals surface area contributed by atoms with Gasteiger partial charge in [-0.2, -0.15) is 4.89 Å². The van der Waals surface area contributed by atoms with Gasteiger partial charge in [-0.1, -0.05) is 30.3 Å². The van der Waals surface area contributed by atoms with Crippen LogP contribution in [0.1, 0.15) is 18.9 Å². The van der Waals surface area contributed by atoms with Gasteiger partial charge in [0.25, 0.3) is 0 Å². The minimum atomic E-state index is -0.668. The first-order valence-electron chi connectivity index (χ1n) is 4.54. The van der Waals surface area contributed by atoms with E-state index in [1.54, 1.807) is 0 Å². The Hall–Kier alpha value is -1.68. The zero-order valence-electron chi connectivity index (χ0n) is 8.43. The molecule has 1 aromatic rings. The van der Waals surface area contributed by atoms with E-state index in [2.05, 4.69) is 9.78 Å². The normalized spacial score (nSPS) is 9.67. The molecule has 1 rings (SSSR count). The molecule has 15 heavy (non-hydrogen) atoms. The molecule has 0 radical (unpaired) electrons. The van der Waals surface area contributed by atoms with Crippen LogP contribution in [-0.4, -0.2) is 11.8 Å². The predicted molar refractivity (Wildman–Crippen MR) is 52.6 cm³/mol. The molecule has 0 aliphatic heterocycles. The van der Waals surface area contributed by atoms with Crippen LogP contribution in [0.15, 0.2) is 30.3 Å². The number of Topliss-reactive ketones (excluding diaryl/α,β-unsaturated/α-hetero) is 1. The summed E-state index contributed by atoms with van der Waals surface area (Å²) in [6.07, 6.45) is -0.255. The molecule has 1 aromatic carbocycles. The molecule has 0 bridgehead atoms. The molecule has 0 N–H and O–H groups in total. The summed E-state index contributed by atoms with van der Waals surface area (Å²) in [6.45, 7) is 1.50. The summed E-state index contributed by atoms with van der Waals surface area (Å²) in [5.74, 6) is -0.915. The minimum Gasteiger partial charge on any atom is -0.299 e. The number of benzene rings is 1. The smallest absolute Gasteiger partial charge is 0.299 e. The van der Waals surface area contributed by atoms with Crippen molar-refractivity contribution in [1.82, 2.24) is 0 Å². The number of ketones is 1. The van der Waals surface area contributed by atoms with Gasteiger partial charge in [0.2, 0.25) is 0 Å². The van der Waals surface area contributed by atoms with Crippen LogP contribution < -0.4 is 0 Å². The van der Waals surface area contributed by atoms with Crippen LogP contribution in [0.3, 0.4) is 0 Å². The molecule has 0 aliphatic carbocycles. The van der Waals surface area contributed by atoms with Crippen molar-refractivity contribution < 1.29 is 19.4 Å². The Bertz CT molecular complexity index is 332. The average Bonchev–Trinajstić information content (AvgIpc) is 2.18. The highest BCUT2D eigenvalue weighted by atomic mass is 17.2. The van der Waals surface area contributed by atoms with E-state index in [1.807, 2.05) is 30.3 Å². The Labute approximate surface area is 87.7 Å². The lowest BCUT2D eigenvalue weighted by Crippen LogP contribution is -2.09. The van der Waals surface area contributed by atoms with Crippen molar-refractivity contribution in [2.24, 2.45) is 0 Å². The summed E-state index contributed by atoms with van der Waals surface area (Å²) < 4.78 is 0. The molecule has 0 aromatic heterocycles. The molecular weight excluding hydrogens is 196 g/mol. The lowest BCUT2D eigenvalue weighted by Gasteiger charge is -2.02. The van der Waals surface area contributed by atoms with Crippen molar-refractivity contribution >= 4 is 11.8 Å². The third-order valence-electron chi connectivity index (χ3n) is 1.61. The number of hydrogen-bond acceptors (Lipinski definition) is 4. The second kappa shape index (κ2) is 5.93. The summed E-state index contributed by atoms with van der Waals surface area (Å²) in [5.41, 5.74) is 0.896. The quantitative estimate of drug-likeness (QED) is 0.419. The van der Waals surface area contributed by atoms with Crippen LogP contribution >= 0.6 is 0 Å². The number of carbonyl (C=O) groups is 2. The molecule has 0 unspecified atom stereocenters. The monoisotopic (exact) mass is 208 g/mol. The highest BCUT2D eigenvalue weighted by Crippen LogP contribution is 2.01. The maximum absolute atomic E-state index is 10.9. The van der Waals surface area contributed by atoms with Crippen molar-refractivity contribution in [3.8, 4) is 0 Å². The number of rotatable bonds is 5. The molecule has 4 nitrogen and oxygen atoms in total. The first-order chi connectivity index (χ1) is 7.18. The summed E-state index contributed by atoms with van der Waals surface area (Å²) in [7, 11) is 0. The van der Waals surface area contributed by atoms with Gasteiger partial charge in [-0.3, -0.25) is 9.68 Å². The SMILES string of the molecule is CC(=O)CC(=O)OOCc1ccccc1. The molecular formula is C11H12O4. The van der Waals surface area contributed by atoms with Crippen LogP contribution in [0.25, 0.3) is 0 Å². The fourth-order valence-electron chi connectivity index (χ4n) is 0.970. The largest absolute Gasteiger partial charge is 0.349 e. The molecule has 0 fully saturated rings. The summed E-state index contributed by atoms with van der Waals surface area (Å²) in [4.78, 5) is 30.5. The van der Waals surface area contributed by atoms with Gasteiger partial charge in [-0.05, 0) is 12.5 Å². The standard InChI is InChI=1S/C11H12O4/c1-9(12)7-11(13)15-14-8-10-5-3-2-4-6-10/h2-6H,7-8H2,1H3.